The second-order valence-corrected chi connectivity index (χ2v) is 5.24. The predicted octanol–water partition coefficient (Wildman–Crippen LogP) is 4.60. The summed E-state index contributed by atoms with van der Waals surface area (Å²) in [4.78, 5) is 11.2. The topological polar surface area (TPSA) is 40.1 Å². The first kappa shape index (κ1) is 23.0. The number of ketones is 1. The van der Waals surface area contributed by atoms with Crippen molar-refractivity contribution >= 4 is 23.1 Å². The highest BCUT2D eigenvalue weighted by Gasteiger charge is 2.76. The number of carbonyl (C=O) groups is 1. The van der Waals surface area contributed by atoms with Crippen LogP contribution in [-0.4, -0.2) is 23.8 Å². The van der Waals surface area contributed by atoms with Crippen LogP contribution in [0, 0.1) is 5.82 Å². The lowest BCUT2D eigenvalue weighted by Gasteiger charge is -2.28. The molecule has 27 heavy (non-hydrogen) atoms. The van der Waals surface area contributed by atoms with Gasteiger partial charge in [0.25, 0.3) is 0 Å². The number of rotatable bonds is 3. The highest BCUT2D eigenvalue weighted by atomic mass is 35.5. The van der Waals surface area contributed by atoms with Gasteiger partial charge in [-0.1, -0.05) is 17.4 Å². The maximum absolute atomic E-state index is 13.5. The Morgan fingerprint density at radius 1 is 0.926 bits per heavy atom. The average Bonchev–Trinajstić information content (AvgIpc) is 2.44. The van der Waals surface area contributed by atoms with Crippen LogP contribution in [0.25, 0.3) is 5.76 Å². The summed E-state index contributed by atoms with van der Waals surface area (Å²) in [6, 6.07) is -0.447. The van der Waals surface area contributed by atoms with Gasteiger partial charge in [-0.15, -0.1) is 0 Å². The Labute approximate surface area is 146 Å². The van der Waals surface area contributed by atoms with E-state index < -0.39 is 63.8 Å². The van der Waals surface area contributed by atoms with E-state index in [1.54, 1.807) is 0 Å². The summed E-state index contributed by atoms with van der Waals surface area (Å²) < 4.78 is 139. The van der Waals surface area contributed by atoms with Gasteiger partial charge in [0.1, 0.15) is 5.82 Å². The molecule has 0 aliphatic rings. The van der Waals surface area contributed by atoms with Gasteiger partial charge in [0.15, 0.2) is 0 Å². The van der Waals surface area contributed by atoms with Crippen molar-refractivity contribution in [2.24, 2.45) is 0 Å². The molecule has 0 aromatic heterocycles. The van der Waals surface area contributed by atoms with Crippen molar-refractivity contribution in [2.45, 2.75) is 24.2 Å². The lowest BCUT2D eigenvalue weighted by molar-refractivity contribution is -0.323. The summed E-state index contributed by atoms with van der Waals surface area (Å²) in [5.74, 6) is -7.68. The molecular weight excluding hydrogens is 433 g/mol. The van der Waals surface area contributed by atoms with E-state index in [0.29, 0.717) is 0 Å². The van der Waals surface area contributed by atoms with Crippen LogP contribution in [0.15, 0.2) is 18.2 Å². The van der Waals surface area contributed by atoms with E-state index in [9.17, 15) is 58.2 Å². The van der Waals surface area contributed by atoms with Crippen LogP contribution in [0.1, 0.15) is 11.1 Å². The summed E-state index contributed by atoms with van der Waals surface area (Å²) in [6.07, 6.45) is -20.4. The summed E-state index contributed by atoms with van der Waals surface area (Å²) in [6.45, 7) is 0. The Balaban J connectivity index is 3.62. The molecule has 1 rings (SSSR count). The molecule has 0 aliphatic carbocycles. The number of carbonyl (C=O) groups excluding carboxylic acids is 1. The molecule has 1 aromatic rings. The van der Waals surface area contributed by atoms with Crippen molar-refractivity contribution in [3.8, 4) is 0 Å². The number of hydrogen-bond donors (Lipinski definition) is 0. The van der Waals surface area contributed by atoms with Gasteiger partial charge in [-0.05, 0) is 23.8 Å². The van der Waals surface area contributed by atoms with Gasteiger partial charge in [0.2, 0.25) is 5.78 Å². The summed E-state index contributed by atoms with van der Waals surface area (Å²) in [5.41, 5.74) is -10.5. The molecule has 0 amide bonds. The van der Waals surface area contributed by atoms with Gasteiger partial charge in [-0.25, -0.2) is 8.78 Å². The highest BCUT2D eigenvalue weighted by molar-refractivity contribution is 6.30. The van der Waals surface area contributed by atoms with Crippen LogP contribution in [0.2, 0.25) is 5.02 Å². The van der Waals surface area contributed by atoms with Crippen molar-refractivity contribution in [2.75, 3.05) is 0 Å². The molecule has 0 atom stereocenters. The van der Waals surface area contributed by atoms with Gasteiger partial charge in [0, 0.05) is 0 Å². The third kappa shape index (κ3) is 4.28. The lowest BCUT2D eigenvalue weighted by Crippen LogP contribution is -2.58. The molecule has 0 fully saturated rings. The van der Waals surface area contributed by atoms with Gasteiger partial charge in [0.05, 0.1) is 10.6 Å². The zero-order valence-corrected chi connectivity index (χ0v) is 12.8. The second kappa shape index (κ2) is 6.84. The normalized spacial score (nSPS) is 14.4. The molecule has 0 saturated carbocycles. The molecule has 14 heteroatoms. The molecule has 1 aromatic carbocycles. The SMILES string of the molecule is O=C(/C=C(\[O-])c1cc(F)c(Cl)cc1C(F)(F)F)C(F)(C(F)(F)F)C(F)(F)F. The van der Waals surface area contributed by atoms with Crippen LogP contribution in [0.5, 0.6) is 0 Å². The second-order valence-electron chi connectivity index (χ2n) is 4.84. The molecule has 0 saturated heterocycles. The fourth-order valence-electron chi connectivity index (χ4n) is 1.72. The van der Waals surface area contributed by atoms with E-state index in [0.717, 1.165) is 0 Å². The average molecular weight is 436 g/mol. The number of benzene rings is 1. The van der Waals surface area contributed by atoms with Gasteiger partial charge in [-0.3, -0.25) is 4.79 Å². The first-order valence-corrected chi connectivity index (χ1v) is 6.54. The van der Waals surface area contributed by atoms with Crippen molar-refractivity contribution in [1.82, 2.24) is 0 Å². The number of hydrogen-bond acceptors (Lipinski definition) is 2. The van der Waals surface area contributed by atoms with Crippen molar-refractivity contribution in [3.05, 3.63) is 40.2 Å². The third-order valence-electron chi connectivity index (χ3n) is 3.01. The maximum atomic E-state index is 13.5. The van der Waals surface area contributed by atoms with E-state index in [1.807, 2.05) is 0 Å². The number of halogens is 12. The van der Waals surface area contributed by atoms with E-state index in [2.05, 4.69) is 0 Å². The first-order valence-electron chi connectivity index (χ1n) is 6.16. The molecule has 2 nitrogen and oxygen atoms in total. The van der Waals surface area contributed by atoms with Gasteiger partial charge < -0.3 is 5.11 Å². The molecule has 0 heterocycles. The standard InChI is InChI=1S/C13H4ClF11O2/c14-6-2-5(11(17,18)19)4(1-7(6)15)8(26)3-9(27)10(16,12(20,21)22)13(23,24)25/h1-3,26H/p-1/b8-3-. The third-order valence-corrected chi connectivity index (χ3v) is 3.30. The smallest absolute Gasteiger partial charge is 0.439 e. The molecule has 0 aliphatic heterocycles. The highest BCUT2D eigenvalue weighted by Crippen LogP contribution is 2.47. The molecule has 0 bridgehead atoms. The molecule has 0 spiro atoms. The van der Waals surface area contributed by atoms with Crippen molar-refractivity contribution in [3.63, 3.8) is 0 Å². The van der Waals surface area contributed by atoms with Crippen LogP contribution in [-0.2, 0) is 11.0 Å². The minimum atomic E-state index is -6.88. The summed E-state index contributed by atoms with van der Waals surface area (Å²) in [5, 5.41) is 10.4. The zero-order chi connectivity index (χ0) is 21.6. The Kier molecular flexibility index (Phi) is 5.82. The Morgan fingerprint density at radius 2 is 1.37 bits per heavy atom. The minimum Gasteiger partial charge on any atom is -0.872 e. The zero-order valence-electron chi connectivity index (χ0n) is 12.1. The molecule has 0 N–H and O–H groups in total. The predicted molar refractivity (Wildman–Crippen MR) is 65.3 cm³/mol. The lowest BCUT2D eigenvalue weighted by atomic mass is 9.96. The van der Waals surface area contributed by atoms with E-state index in [1.165, 1.54) is 0 Å². The van der Waals surface area contributed by atoms with Gasteiger partial charge in [-0.2, -0.15) is 39.5 Å². The molecular formula is C13H3ClF11O2-. The minimum absolute atomic E-state index is 0.182. The van der Waals surface area contributed by atoms with E-state index >= 15 is 0 Å². The van der Waals surface area contributed by atoms with Gasteiger partial charge >= 0.3 is 24.2 Å². The Bertz CT molecular complexity index is 760. The van der Waals surface area contributed by atoms with Crippen molar-refractivity contribution in [1.29, 1.82) is 0 Å². The fourth-order valence-corrected chi connectivity index (χ4v) is 1.89. The maximum Gasteiger partial charge on any atom is 0.439 e. The quantitative estimate of drug-likeness (QED) is 0.395. The van der Waals surface area contributed by atoms with E-state index in [4.69, 9.17) is 11.6 Å². The summed E-state index contributed by atoms with van der Waals surface area (Å²) in [7, 11) is 0. The molecule has 0 radical (unpaired) electrons. The van der Waals surface area contributed by atoms with Crippen LogP contribution < -0.4 is 5.11 Å². The molecule has 152 valence electrons. The van der Waals surface area contributed by atoms with Crippen LogP contribution in [0.4, 0.5) is 48.3 Å². The monoisotopic (exact) mass is 435 g/mol. The van der Waals surface area contributed by atoms with E-state index in [-0.39, 0.29) is 12.1 Å². The Hall–Kier alpha value is -2.05. The number of allylic oxidation sites excluding steroid dienone is 1. The number of alkyl halides is 10. The summed E-state index contributed by atoms with van der Waals surface area (Å²) >= 11 is 5.07. The molecule has 0 unspecified atom stereocenters. The Morgan fingerprint density at radius 3 is 1.74 bits per heavy atom. The van der Waals surface area contributed by atoms with Crippen LogP contribution in [0.3, 0.4) is 0 Å². The van der Waals surface area contributed by atoms with Crippen LogP contribution >= 0.6 is 11.6 Å². The largest absolute Gasteiger partial charge is 0.872 e. The fraction of sp³-hybridized carbons (Fsp3) is 0.308. The van der Waals surface area contributed by atoms with Crippen molar-refractivity contribution < 1.29 is 58.2 Å². The first-order chi connectivity index (χ1) is 11.8.